The Kier molecular flexibility index (Phi) is 7.13. The quantitative estimate of drug-likeness (QED) is 0.360. The number of aliphatic hydroxyl groups is 1. The number of fused-ring (bicyclic) bond motifs is 1. The Hall–Kier alpha value is -3.86. The lowest BCUT2D eigenvalue weighted by atomic mass is 9.82. The Balaban J connectivity index is 1.66. The van der Waals surface area contributed by atoms with E-state index >= 15 is 0 Å². The molecule has 2 aliphatic rings. The van der Waals surface area contributed by atoms with Gasteiger partial charge in [-0.1, -0.05) is 73.7 Å². The number of aliphatic hydroxyl groups excluding tert-OH is 1. The van der Waals surface area contributed by atoms with Crippen molar-refractivity contribution in [3.8, 4) is 0 Å². The zero-order chi connectivity index (χ0) is 25.9. The molecule has 0 saturated heterocycles. The van der Waals surface area contributed by atoms with Crippen LogP contribution in [0.15, 0.2) is 78.1 Å². The van der Waals surface area contributed by atoms with Crippen LogP contribution in [-0.4, -0.2) is 28.3 Å². The summed E-state index contributed by atoms with van der Waals surface area (Å²) in [6.07, 6.45) is 7.28. The molecule has 0 radical (unpaired) electrons. The number of H-pyrrole nitrogens is 1. The van der Waals surface area contributed by atoms with Gasteiger partial charge in [0, 0.05) is 42.8 Å². The number of aromatic nitrogens is 1. The van der Waals surface area contributed by atoms with Crippen LogP contribution in [0.1, 0.15) is 72.2 Å². The number of carbonyl (C=O) groups is 2. The van der Waals surface area contributed by atoms with Crippen LogP contribution in [0.5, 0.6) is 0 Å². The highest BCUT2D eigenvalue weighted by Gasteiger charge is 2.40. The number of carbonyl (C=O) groups excluding carboxylic acids is 2. The third kappa shape index (κ3) is 4.91. The second-order valence-corrected chi connectivity index (χ2v) is 10.1. The van der Waals surface area contributed by atoms with Gasteiger partial charge in [-0.2, -0.15) is 0 Å². The van der Waals surface area contributed by atoms with Crippen LogP contribution in [0, 0.1) is 5.92 Å². The lowest BCUT2D eigenvalue weighted by Gasteiger charge is -2.21. The highest BCUT2D eigenvalue weighted by atomic mass is 16.3. The lowest BCUT2D eigenvalue weighted by Crippen LogP contribution is -2.23. The molecule has 190 valence electrons. The number of rotatable bonds is 8. The van der Waals surface area contributed by atoms with Crippen LogP contribution in [0.3, 0.4) is 0 Å². The highest BCUT2D eigenvalue weighted by Crippen LogP contribution is 2.46. The molecule has 0 fully saturated rings. The molecule has 3 aromatic rings. The van der Waals surface area contributed by atoms with Crippen LogP contribution in [0.4, 0.5) is 0 Å². The van der Waals surface area contributed by atoms with Crippen LogP contribution >= 0.6 is 0 Å². The first-order chi connectivity index (χ1) is 18.0. The van der Waals surface area contributed by atoms with Crippen molar-refractivity contribution in [2.24, 2.45) is 5.92 Å². The molecule has 0 aliphatic heterocycles. The SMILES string of the molecule is CCC1C=Cc2[nH]c(C(C3=C(O)C(c4ccccc4)CC3=O)c3ccccc3)c(CCNC(C)=O)c2C1. The molecule has 3 unspecified atom stereocenters. The zero-order valence-corrected chi connectivity index (χ0v) is 21.5. The van der Waals surface area contributed by atoms with Gasteiger partial charge in [0.05, 0.1) is 5.92 Å². The van der Waals surface area contributed by atoms with Crippen molar-refractivity contribution in [2.75, 3.05) is 6.54 Å². The molecule has 37 heavy (non-hydrogen) atoms. The number of nitrogens with one attached hydrogen (secondary N) is 2. The minimum absolute atomic E-state index is 0.0254. The Morgan fingerprint density at radius 3 is 2.46 bits per heavy atom. The summed E-state index contributed by atoms with van der Waals surface area (Å²) in [6.45, 7) is 4.24. The Morgan fingerprint density at radius 1 is 1.08 bits per heavy atom. The molecule has 5 rings (SSSR count). The van der Waals surface area contributed by atoms with E-state index in [0.717, 1.165) is 40.9 Å². The summed E-state index contributed by atoms with van der Waals surface area (Å²) < 4.78 is 0. The molecule has 0 spiro atoms. The van der Waals surface area contributed by atoms with Gasteiger partial charge in [-0.15, -0.1) is 0 Å². The van der Waals surface area contributed by atoms with E-state index in [1.807, 2.05) is 60.7 Å². The number of ketones is 1. The van der Waals surface area contributed by atoms with Crippen LogP contribution in [-0.2, 0) is 22.4 Å². The molecule has 0 saturated carbocycles. The minimum Gasteiger partial charge on any atom is -0.511 e. The standard InChI is InChI=1S/C32H34N2O3/c1-3-21-14-15-27-26(18-21)24(16-17-33-20(2)35)31(34-27)29(23-12-8-5-9-13-23)30-28(36)19-25(32(30)37)22-10-6-4-7-11-22/h4-15,21,25,29,34,37H,3,16-19H2,1-2H3,(H,33,35). The van der Waals surface area contributed by atoms with Gasteiger partial charge in [-0.3, -0.25) is 9.59 Å². The van der Waals surface area contributed by atoms with Gasteiger partial charge in [0.1, 0.15) is 5.76 Å². The van der Waals surface area contributed by atoms with Crippen LogP contribution < -0.4 is 5.32 Å². The third-order valence-corrected chi connectivity index (χ3v) is 7.77. The van der Waals surface area contributed by atoms with E-state index in [4.69, 9.17) is 0 Å². The fourth-order valence-corrected chi connectivity index (χ4v) is 5.85. The maximum absolute atomic E-state index is 13.6. The van der Waals surface area contributed by atoms with Crippen molar-refractivity contribution in [2.45, 2.75) is 51.4 Å². The van der Waals surface area contributed by atoms with Gasteiger partial charge in [-0.25, -0.2) is 0 Å². The van der Waals surface area contributed by atoms with E-state index in [9.17, 15) is 14.7 Å². The maximum Gasteiger partial charge on any atom is 0.216 e. The van der Waals surface area contributed by atoms with Gasteiger partial charge in [0.15, 0.2) is 5.78 Å². The highest BCUT2D eigenvalue weighted by molar-refractivity contribution is 6.01. The van der Waals surface area contributed by atoms with Gasteiger partial charge in [0.2, 0.25) is 5.91 Å². The normalized spacial score (nSPS) is 19.7. The number of Topliss-reactive ketones (excluding diaryl/α,β-unsaturated/α-hetero) is 1. The van der Waals surface area contributed by atoms with Crippen molar-refractivity contribution >= 4 is 17.8 Å². The van der Waals surface area contributed by atoms with Gasteiger partial charge in [-0.05, 0) is 53.5 Å². The number of amides is 1. The van der Waals surface area contributed by atoms with E-state index in [1.165, 1.54) is 12.5 Å². The Labute approximate surface area is 218 Å². The first kappa shape index (κ1) is 24.8. The average Bonchev–Trinajstić information content (AvgIpc) is 3.42. The second-order valence-electron chi connectivity index (χ2n) is 10.1. The molecule has 5 heteroatoms. The van der Waals surface area contributed by atoms with Crippen molar-refractivity contribution in [3.63, 3.8) is 0 Å². The smallest absolute Gasteiger partial charge is 0.216 e. The van der Waals surface area contributed by atoms with E-state index in [0.29, 0.717) is 24.5 Å². The predicted octanol–water partition coefficient (Wildman–Crippen LogP) is 5.99. The number of aromatic amines is 1. The number of hydrogen-bond acceptors (Lipinski definition) is 3. The summed E-state index contributed by atoms with van der Waals surface area (Å²) in [5.74, 6) is -0.238. The monoisotopic (exact) mass is 494 g/mol. The second kappa shape index (κ2) is 10.6. The first-order valence-corrected chi connectivity index (χ1v) is 13.2. The molecule has 0 bridgehead atoms. The van der Waals surface area contributed by atoms with E-state index in [-0.39, 0.29) is 29.8 Å². The van der Waals surface area contributed by atoms with Gasteiger partial charge in [0.25, 0.3) is 0 Å². The molecule has 1 aromatic heterocycles. The summed E-state index contributed by atoms with van der Waals surface area (Å²) in [5.41, 5.74) is 6.75. The third-order valence-electron chi connectivity index (χ3n) is 7.77. The average molecular weight is 495 g/mol. The van der Waals surface area contributed by atoms with Gasteiger partial charge >= 0.3 is 0 Å². The van der Waals surface area contributed by atoms with Crippen molar-refractivity contribution < 1.29 is 14.7 Å². The van der Waals surface area contributed by atoms with Gasteiger partial charge < -0.3 is 15.4 Å². The number of hydrogen-bond donors (Lipinski definition) is 3. The number of allylic oxidation sites excluding steroid dienone is 3. The number of benzene rings is 2. The Morgan fingerprint density at radius 2 is 1.78 bits per heavy atom. The minimum atomic E-state index is -0.422. The summed E-state index contributed by atoms with van der Waals surface area (Å²) in [5, 5.41) is 14.5. The molecule has 3 atom stereocenters. The van der Waals surface area contributed by atoms with Crippen LogP contribution in [0.25, 0.3) is 6.08 Å². The lowest BCUT2D eigenvalue weighted by molar-refractivity contribution is -0.119. The topological polar surface area (TPSA) is 82.2 Å². The fraction of sp³-hybridized carbons (Fsp3) is 0.312. The Bertz CT molecular complexity index is 1350. The molecule has 5 nitrogen and oxygen atoms in total. The van der Waals surface area contributed by atoms with Crippen molar-refractivity contribution in [1.29, 1.82) is 0 Å². The molecular formula is C32H34N2O3. The zero-order valence-electron chi connectivity index (χ0n) is 21.5. The molecule has 2 aromatic carbocycles. The molecular weight excluding hydrogens is 460 g/mol. The van der Waals surface area contributed by atoms with E-state index in [2.05, 4.69) is 29.4 Å². The van der Waals surface area contributed by atoms with E-state index < -0.39 is 5.92 Å². The molecule has 2 aliphatic carbocycles. The van der Waals surface area contributed by atoms with Crippen molar-refractivity contribution in [3.05, 3.63) is 112 Å². The fourth-order valence-electron chi connectivity index (χ4n) is 5.85. The summed E-state index contributed by atoms with van der Waals surface area (Å²) >= 11 is 0. The van der Waals surface area contributed by atoms with E-state index in [1.54, 1.807) is 0 Å². The molecule has 1 amide bonds. The molecule has 3 N–H and O–H groups in total. The van der Waals surface area contributed by atoms with Crippen LogP contribution in [0.2, 0.25) is 0 Å². The molecule has 1 heterocycles. The summed E-state index contributed by atoms with van der Waals surface area (Å²) in [7, 11) is 0. The maximum atomic E-state index is 13.6. The summed E-state index contributed by atoms with van der Waals surface area (Å²) in [4.78, 5) is 28.9. The predicted molar refractivity (Wildman–Crippen MR) is 146 cm³/mol. The van der Waals surface area contributed by atoms with Crippen molar-refractivity contribution in [1.82, 2.24) is 10.3 Å². The first-order valence-electron chi connectivity index (χ1n) is 13.2. The largest absolute Gasteiger partial charge is 0.511 e. The summed E-state index contributed by atoms with van der Waals surface area (Å²) in [6, 6.07) is 19.7.